The molecule has 0 atom stereocenters. The van der Waals surface area contributed by atoms with Crippen LogP contribution in [0.25, 0.3) is 10.8 Å². The van der Waals surface area contributed by atoms with Crippen LogP contribution in [0.4, 0.5) is 11.4 Å². The minimum atomic E-state index is -0.243. The Morgan fingerprint density at radius 2 is 1.85 bits per heavy atom. The van der Waals surface area contributed by atoms with Gasteiger partial charge in [0.2, 0.25) is 5.91 Å². The molecule has 0 saturated carbocycles. The molecule has 27 heavy (non-hydrogen) atoms. The lowest BCUT2D eigenvalue weighted by Gasteiger charge is -2.16. The van der Waals surface area contributed by atoms with E-state index in [9.17, 15) is 9.59 Å². The average Bonchev–Trinajstić information content (AvgIpc) is 3.12. The third-order valence-corrected chi connectivity index (χ3v) is 4.61. The molecular weight excluding hydrogens is 340 g/mol. The van der Waals surface area contributed by atoms with Gasteiger partial charge in [-0.1, -0.05) is 36.4 Å². The number of carbonyl (C=O) groups excluding carboxylic acids is 2. The third-order valence-electron chi connectivity index (χ3n) is 4.61. The van der Waals surface area contributed by atoms with Crippen molar-refractivity contribution in [3.63, 3.8) is 0 Å². The fraction of sp³-hybridized carbons (Fsp3) is 0.182. The Labute approximate surface area is 157 Å². The van der Waals surface area contributed by atoms with E-state index in [1.165, 1.54) is 0 Å². The number of ether oxygens (including phenoxy) is 1. The number of rotatable bonds is 5. The van der Waals surface area contributed by atoms with Gasteiger partial charge in [-0.3, -0.25) is 9.59 Å². The van der Waals surface area contributed by atoms with Crippen LogP contribution in [0.5, 0.6) is 5.75 Å². The summed E-state index contributed by atoms with van der Waals surface area (Å²) in [5, 5.41) is 5.02. The first-order valence-corrected chi connectivity index (χ1v) is 9.01. The lowest BCUT2D eigenvalue weighted by Crippen LogP contribution is -2.24. The van der Waals surface area contributed by atoms with E-state index >= 15 is 0 Å². The van der Waals surface area contributed by atoms with Crippen molar-refractivity contribution < 1.29 is 14.3 Å². The third kappa shape index (κ3) is 3.92. The van der Waals surface area contributed by atoms with Gasteiger partial charge in [-0.25, -0.2) is 0 Å². The van der Waals surface area contributed by atoms with Crippen molar-refractivity contribution in [2.24, 2.45) is 0 Å². The fourth-order valence-corrected chi connectivity index (χ4v) is 3.28. The maximum Gasteiger partial charge on any atom is 0.262 e. The van der Waals surface area contributed by atoms with Gasteiger partial charge in [-0.05, 0) is 47.5 Å². The van der Waals surface area contributed by atoms with Crippen LogP contribution in [-0.2, 0) is 9.59 Å². The van der Waals surface area contributed by atoms with Crippen LogP contribution in [0.2, 0.25) is 0 Å². The number of fused-ring (bicyclic) bond motifs is 1. The van der Waals surface area contributed by atoms with E-state index in [1.54, 1.807) is 11.0 Å². The molecule has 3 aromatic rings. The molecule has 1 aliphatic heterocycles. The van der Waals surface area contributed by atoms with Gasteiger partial charge >= 0.3 is 0 Å². The van der Waals surface area contributed by atoms with Gasteiger partial charge in [0, 0.05) is 24.3 Å². The van der Waals surface area contributed by atoms with Crippen LogP contribution in [0.1, 0.15) is 12.8 Å². The van der Waals surface area contributed by atoms with Crippen LogP contribution < -0.4 is 15.0 Å². The van der Waals surface area contributed by atoms with Gasteiger partial charge in [-0.2, -0.15) is 0 Å². The second kappa shape index (κ2) is 7.50. The van der Waals surface area contributed by atoms with Gasteiger partial charge in [0.05, 0.1) is 0 Å². The first-order chi connectivity index (χ1) is 13.2. The molecule has 4 rings (SSSR count). The molecule has 5 nitrogen and oxygen atoms in total. The SMILES string of the molecule is O=C(COc1ccc2ccccc2c1)Nc1cccc(N2CCCC2=O)c1. The standard InChI is InChI=1S/C22H20N2O3/c25-21(15-27-20-11-10-16-5-1-2-6-17(16)13-20)23-18-7-3-8-19(14-18)24-12-4-9-22(24)26/h1-3,5-8,10-11,13-14H,4,9,12,15H2,(H,23,25). The quantitative estimate of drug-likeness (QED) is 0.749. The Kier molecular flexibility index (Phi) is 4.75. The van der Waals surface area contributed by atoms with Crippen molar-refractivity contribution in [1.29, 1.82) is 0 Å². The molecule has 0 bridgehead atoms. The van der Waals surface area contributed by atoms with E-state index in [0.29, 0.717) is 17.9 Å². The normalized spacial score (nSPS) is 13.8. The van der Waals surface area contributed by atoms with Crippen molar-refractivity contribution in [3.05, 3.63) is 66.7 Å². The monoisotopic (exact) mass is 360 g/mol. The highest BCUT2D eigenvalue weighted by Gasteiger charge is 2.21. The predicted octanol–water partition coefficient (Wildman–Crippen LogP) is 3.98. The molecule has 0 spiro atoms. The zero-order chi connectivity index (χ0) is 18.6. The molecule has 1 N–H and O–H groups in total. The molecule has 1 saturated heterocycles. The highest BCUT2D eigenvalue weighted by Crippen LogP contribution is 2.24. The van der Waals surface area contributed by atoms with Gasteiger partial charge in [0.1, 0.15) is 5.75 Å². The maximum atomic E-state index is 12.2. The van der Waals surface area contributed by atoms with E-state index in [0.717, 1.165) is 29.4 Å². The Hall–Kier alpha value is -3.34. The Morgan fingerprint density at radius 3 is 2.67 bits per heavy atom. The fourth-order valence-electron chi connectivity index (χ4n) is 3.28. The second-order valence-corrected chi connectivity index (χ2v) is 6.55. The van der Waals surface area contributed by atoms with E-state index < -0.39 is 0 Å². The molecule has 0 aromatic heterocycles. The van der Waals surface area contributed by atoms with E-state index in [4.69, 9.17) is 4.74 Å². The summed E-state index contributed by atoms with van der Waals surface area (Å²) in [5.41, 5.74) is 1.46. The van der Waals surface area contributed by atoms with Crippen LogP contribution >= 0.6 is 0 Å². The molecule has 0 unspecified atom stereocenters. The molecule has 5 heteroatoms. The first-order valence-electron chi connectivity index (χ1n) is 9.01. The molecular formula is C22H20N2O3. The Bertz CT molecular complexity index is 1000. The average molecular weight is 360 g/mol. The summed E-state index contributed by atoms with van der Waals surface area (Å²) in [5.74, 6) is 0.534. The summed E-state index contributed by atoms with van der Waals surface area (Å²) >= 11 is 0. The summed E-state index contributed by atoms with van der Waals surface area (Å²) in [4.78, 5) is 25.9. The second-order valence-electron chi connectivity index (χ2n) is 6.55. The zero-order valence-corrected chi connectivity index (χ0v) is 14.9. The summed E-state index contributed by atoms with van der Waals surface area (Å²) in [6.45, 7) is 0.645. The predicted molar refractivity (Wildman–Crippen MR) is 106 cm³/mol. The van der Waals surface area contributed by atoms with Gasteiger partial charge in [0.15, 0.2) is 6.61 Å². The number of anilines is 2. The number of amides is 2. The topological polar surface area (TPSA) is 58.6 Å². The van der Waals surface area contributed by atoms with E-state index in [1.807, 2.05) is 60.7 Å². The first kappa shape index (κ1) is 17.1. The number of hydrogen-bond acceptors (Lipinski definition) is 3. The number of hydrogen-bond donors (Lipinski definition) is 1. The summed E-state index contributed by atoms with van der Waals surface area (Å²) in [7, 11) is 0. The molecule has 2 amide bonds. The van der Waals surface area contributed by atoms with Crippen LogP contribution in [0, 0.1) is 0 Å². The molecule has 0 radical (unpaired) electrons. The van der Waals surface area contributed by atoms with Crippen molar-refractivity contribution >= 4 is 34.0 Å². The van der Waals surface area contributed by atoms with E-state index in [-0.39, 0.29) is 18.4 Å². The zero-order valence-electron chi connectivity index (χ0n) is 14.9. The molecule has 3 aromatic carbocycles. The number of nitrogens with one attached hydrogen (secondary N) is 1. The molecule has 1 heterocycles. The smallest absolute Gasteiger partial charge is 0.262 e. The van der Waals surface area contributed by atoms with E-state index in [2.05, 4.69) is 5.32 Å². The highest BCUT2D eigenvalue weighted by molar-refractivity contribution is 5.97. The highest BCUT2D eigenvalue weighted by atomic mass is 16.5. The Morgan fingerprint density at radius 1 is 1.00 bits per heavy atom. The Balaban J connectivity index is 1.38. The minimum Gasteiger partial charge on any atom is -0.484 e. The van der Waals surface area contributed by atoms with Crippen LogP contribution in [-0.4, -0.2) is 25.0 Å². The van der Waals surface area contributed by atoms with Crippen molar-refractivity contribution in [2.75, 3.05) is 23.4 Å². The minimum absolute atomic E-state index is 0.0782. The van der Waals surface area contributed by atoms with Crippen molar-refractivity contribution in [3.8, 4) is 5.75 Å². The lowest BCUT2D eigenvalue weighted by molar-refractivity contribution is -0.118. The summed E-state index contributed by atoms with van der Waals surface area (Å²) in [6.07, 6.45) is 1.45. The maximum absolute atomic E-state index is 12.2. The van der Waals surface area contributed by atoms with Gasteiger partial charge in [-0.15, -0.1) is 0 Å². The molecule has 1 aliphatic rings. The van der Waals surface area contributed by atoms with Crippen molar-refractivity contribution in [1.82, 2.24) is 0 Å². The van der Waals surface area contributed by atoms with Gasteiger partial charge < -0.3 is 15.0 Å². The number of nitrogens with zero attached hydrogens (tertiary/aromatic N) is 1. The molecule has 136 valence electrons. The summed E-state index contributed by atoms with van der Waals surface area (Å²) in [6, 6.07) is 21.1. The molecule has 1 fully saturated rings. The van der Waals surface area contributed by atoms with Gasteiger partial charge in [0.25, 0.3) is 5.91 Å². The lowest BCUT2D eigenvalue weighted by atomic mass is 10.1. The van der Waals surface area contributed by atoms with Crippen molar-refractivity contribution in [2.45, 2.75) is 12.8 Å². The van der Waals surface area contributed by atoms with Crippen LogP contribution in [0.15, 0.2) is 66.7 Å². The number of benzene rings is 3. The number of carbonyl (C=O) groups is 2. The molecule has 0 aliphatic carbocycles. The van der Waals surface area contributed by atoms with Crippen LogP contribution in [0.3, 0.4) is 0 Å². The largest absolute Gasteiger partial charge is 0.484 e. The summed E-state index contributed by atoms with van der Waals surface area (Å²) < 4.78 is 5.62.